The average molecular weight is 413 g/mol. The fraction of sp³-hybridized carbons (Fsp3) is 0.286. The van der Waals surface area contributed by atoms with Gasteiger partial charge in [0.05, 0.1) is 19.9 Å². The van der Waals surface area contributed by atoms with Gasteiger partial charge in [0.25, 0.3) is 5.91 Å². The summed E-state index contributed by atoms with van der Waals surface area (Å²) in [5.74, 6) is -0.113. The molecule has 0 spiro atoms. The van der Waals surface area contributed by atoms with E-state index >= 15 is 0 Å². The minimum atomic E-state index is -0.483. The molecule has 8 heteroatoms. The lowest BCUT2D eigenvalue weighted by molar-refractivity contribution is -0.140. The van der Waals surface area contributed by atoms with Crippen molar-refractivity contribution in [3.63, 3.8) is 0 Å². The van der Waals surface area contributed by atoms with Crippen LogP contribution >= 0.6 is 12.2 Å². The predicted molar refractivity (Wildman–Crippen MR) is 115 cm³/mol. The van der Waals surface area contributed by atoms with E-state index in [-0.39, 0.29) is 17.6 Å². The van der Waals surface area contributed by atoms with Crippen LogP contribution in [0.25, 0.3) is 6.08 Å². The number of hydrogen-bond donors (Lipinski definition) is 0. The topological polar surface area (TPSA) is 64.0 Å². The maximum atomic E-state index is 13.3. The molecule has 2 aromatic rings. The molecule has 2 heterocycles. The fourth-order valence-electron chi connectivity index (χ4n) is 3.16. The van der Waals surface area contributed by atoms with Crippen molar-refractivity contribution in [2.75, 3.05) is 25.7 Å². The lowest BCUT2D eigenvalue weighted by Gasteiger charge is -2.19. The van der Waals surface area contributed by atoms with E-state index in [1.807, 2.05) is 31.5 Å². The maximum Gasteiger partial charge on any atom is 0.325 e. The number of hydrogen-bond acceptors (Lipinski definition) is 5. The highest BCUT2D eigenvalue weighted by molar-refractivity contribution is 7.80. The molecule has 0 bridgehead atoms. The molecular formula is C21H23N3O4S. The number of nitrogens with zero attached hydrogens (tertiary/aromatic N) is 3. The number of aryl methyl sites for hydroxylation is 1. The molecule has 0 unspecified atom stereocenters. The summed E-state index contributed by atoms with van der Waals surface area (Å²) >= 11 is 5.55. The highest BCUT2D eigenvalue weighted by atomic mass is 32.1. The van der Waals surface area contributed by atoms with Gasteiger partial charge in [-0.3, -0.25) is 14.5 Å². The van der Waals surface area contributed by atoms with Crippen LogP contribution in [-0.2, 0) is 21.4 Å². The molecule has 0 N–H and O–H groups in total. The SMILES string of the molecule is COC(=O)CN1C(=S)N(c2ccc(OC)cc2)C(=O)/C1=C/c1cc(C)n(C)c1C. The van der Waals surface area contributed by atoms with Crippen molar-refractivity contribution in [3.05, 3.63) is 53.0 Å². The smallest absolute Gasteiger partial charge is 0.325 e. The predicted octanol–water partition coefficient (Wildman–Crippen LogP) is 2.80. The van der Waals surface area contributed by atoms with E-state index < -0.39 is 5.97 Å². The Labute approximate surface area is 175 Å². The quantitative estimate of drug-likeness (QED) is 0.427. The van der Waals surface area contributed by atoms with Gasteiger partial charge in [-0.25, -0.2) is 0 Å². The molecular weight excluding hydrogens is 390 g/mol. The van der Waals surface area contributed by atoms with Crippen LogP contribution in [-0.4, -0.2) is 47.2 Å². The number of benzene rings is 1. The van der Waals surface area contributed by atoms with Crippen LogP contribution in [0.5, 0.6) is 5.75 Å². The first-order chi connectivity index (χ1) is 13.8. The van der Waals surface area contributed by atoms with Gasteiger partial charge in [-0.05, 0) is 68.0 Å². The number of carbonyl (C=O) groups excluding carboxylic acids is 2. The molecule has 1 fully saturated rings. The molecule has 29 heavy (non-hydrogen) atoms. The van der Waals surface area contributed by atoms with Gasteiger partial charge in [-0.2, -0.15) is 0 Å². The van der Waals surface area contributed by atoms with E-state index in [0.29, 0.717) is 17.1 Å². The number of rotatable bonds is 5. The standard InChI is InChI=1S/C21H23N3O4S/c1-13-10-15(14(2)22(13)3)11-18-20(26)24(16-6-8-17(27-4)9-7-16)21(29)23(18)12-19(25)28-5/h6-11H,12H2,1-5H3/b18-11-. The molecule has 1 aliphatic heterocycles. The third-order valence-corrected chi connectivity index (χ3v) is 5.49. The van der Waals surface area contributed by atoms with Crippen LogP contribution < -0.4 is 9.64 Å². The summed E-state index contributed by atoms with van der Waals surface area (Å²) in [5.41, 5.74) is 3.89. The normalized spacial score (nSPS) is 15.4. The van der Waals surface area contributed by atoms with Crippen LogP contribution in [0.15, 0.2) is 36.0 Å². The second kappa shape index (κ2) is 8.08. The summed E-state index contributed by atoms with van der Waals surface area (Å²) in [5, 5.41) is 0.224. The molecule has 0 saturated carbocycles. The van der Waals surface area contributed by atoms with Gasteiger partial charge in [-0.1, -0.05) is 0 Å². The van der Waals surface area contributed by atoms with Crippen LogP contribution in [0, 0.1) is 13.8 Å². The molecule has 0 atom stereocenters. The number of esters is 1. The average Bonchev–Trinajstić information content (AvgIpc) is 3.09. The minimum Gasteiger partial charge on any atom is -0.497 e. The molecule has 0 radical (unpaired) electrons. The lowest BCUT2D eigenvalue weighted by Crippen LogP contribution is -2.35. The third kappa shape index (κ3) is 3.75. The van der Waals surface area contributed by atoms with Crippen molar-refractivity contribution < 1.29 is 19.1 Å². The van der Waals surface area contributed by atoms with Gasteiger partial charge < -0.3 is 18.9 Å². The number of anilines is 1. The minimum absolute atomic E-state index is 0.148. The number of thiocarbonyl (C=S) groups is 1. The first-order valence-electron chi connectivity index (χ1n) is 9.00. The Balaban J connectivity index is 2.07. The molecule has 1 aromatic carbocycles. The van der Waals surface area contributed by atoms with E-state index in [4.69, 9.17) is 21.7 Å². The van der Waals surface area contributed by atoms with Crippen molar-refractivity contribution in [1.82, 2.24) is 9.47 Å². The zero-order valence-electron chi connectivity index (χ0n) is 17.1. The Kier molecular flexibility index (Phi) is 5.74. The Morgan fingerprint density at radius 2 is 1.83 bits per heavy atom. The Morgan fingerprint density at radius 3 is 2.34 bits per heavy atom. The lowest BCUT2D eigenvalue weighted by atomic mass is 10.2. The van der Waals surface area contributed by atoms with Gasteiger partial charge >= 0.3 is 5.97 Å². The molecule has 3 rings (SSSR count). The zero-order valence-corrected chi connectivity index (χ0v) is 17.9. The van der Waals surface area contributed by atoms with Crippen LogP contribution in [0.1, 0.15) is 17.0 Å². The highest BCUT2D eigenvalue weighted by Gasteiger charge is 2.40. The molecule has 0 aliphatic carbocycles. The summed E-state index contributed by atoms with van der Waals surface area (Å²) in [6.45, 7) is 3.82. The number of ether oxygens (including phenoxy) is 2. The third-order valence-electron chi connectivity index (χ3n) is 5.09. The molecule has 152 valence electrons. The van der Waals surface area contributed by atoms with Crippen molar-refractivity contribution >= 4 is 41.0 Å². The molecule has 1 aromatic heterocycles. The van der Waals surface area contributed by atoms with E-state index in [0.717, 1.165) is 17.0 Å². The number of aromatic nitrogens is 1. The Morgan fingerprint density at radius 1 is 1.17 bits per heavy atom. The summed E-state index contributed by atoms with van der Waals surface area (Å²) in [4.78, 5) is 28.2. The zero-order chi connectivity index (χ0) is 21.3. The summed E-state index contributed by atoms with van der Waals surface area (Å²) < 4.78 is 12.0. The highest BCUT2D eigenvalue weighted by Crippen LogP contribution is 2.31. The van der Waals surface area contributed by atoms with Crippen molar-refractivity contribution in [1.29, 1.82) is 0 Å². The second-order valence-corrected chi connectivity index (χ2v) is 7.06. The summed E-state index contributed by atoms with van der Waals surface area (Å²) in [6.07, 6.45) is 1.77. The van der Waals surface area contributed by atoms with Crippen molar-refractivity contribution in [2.45, 2.75) is 13.8 Å². The van der Waals surface area contributed by atoms with E-state index in [1.54, 1.807) is 37.5 Å². The van der Waals surface area contributed by atoms with E-state index in [9.17, 15) is 9.59 Å². The van der Waals surface area contributed by atoms with Gasteiger partial charge in [0.1, 0.15) is 18.0 Å². The van der Waals surface area contributed by atoms with E-state index in [1.165, 1.54) is 16.9 Å². The van der Waals surface area contributed by atoms with Gasteiger partial charge in [0.15, 0.2) is 5.11 Å². The number of amides is 1. The second-order valence-electron chi connectivity index (χ2n) is 6.70. The first kappa shape index (κ1) is 20.6. The van der Waals surface area contributed by atoms with Crippen LogP contribution in [0.3, 0.4) is 0 Å². The molecule has 1 aliphatic rings. The van der Waals surface area contributed by atoms with Crippen molar-refractivity contribution in [2.24, 2.45) is 7.05 Å². The number of carbonyl (C=O) groups is 2. The molecule has 1 saturated heterocycles. The van der Waals surface area contributed by atoms with Gasteiger partial charge in [0, 0.05) is 18.4 Å². The van der Waals surface area contributed by atoms with Crippen molar-refractivity contribution in [3.8, 4) is 5.75 Å². The molecule has 1 amide bonds. The fourth-order valence-corrected chi connectivity index (χ4v) is 3.51. The largest absolute Gasteiger partial charge is 0.497 e. The van der Waals surface area contributed by atoms with Crippen LogP contribution in [0.4, 0.5) is 5.69 Å². The van der Waals surface area contributed by atoms with Crippen LogP contribution in [0.2, 0.25) is 0 Å². The Bertz CT molecular complexity index is 1010. The Hall–Kier alpha value is -3.13. The van der Waals surface area contributed by atoms with Gasteiger partial charge in [-0.15, -0.1) is 0 Å². The first-order valence-corrected chi connectivity index (χ1v) is 9.40. The van der Waals surface area contributed by atoms with Gasteiger partial charge in [0.2, 0.25) is 0 Å². The maximum absolute atomic E-state index is 13.3. The van der Waals surface area contributed by atoms with E-state index in [2.05, 4.69) is 0 Å². The monoisotopic (exact) mass is 413 g/mol. The number of methoxy groups -OCH3 is 2. The summed E-state index contributed by atoms with van der Waals surface area (Å²) in [6, 6.07) is 9.00. The molecule has 7 nitrogen and oxygen atoms in total. The summed E-state index contributed by atoms with van der Waals surface area (Å²) in [7, 11) is 4.84.